The minimum atomic E-state index is -3.81. The standard InChI is InChI=1S/C7H5ClN2O3S/c8-6-2-1-5(14(9,12)13)3-7(6)10-4-11/h1-3H,(H2,9,12,13). The maximum Gasteiger partial charge on any atom is 0.240 e. The number of halogens is 1. The molecule has 0 saturated carbocycles. The van der Waals surface area contributed by atoms with Gasteiger partial charge in [-0.15, -0.1) is 0 Å². The molecule has 1 aromatic carbocycles. The molecule has 14 heavy (non-hydrogen) atoms. The van der Waals surface area contributed by atoms with Gasteiger partial charge < -0.3 is 0 Å². The summed E-state index contributed by atoms with van der Waals surface area (Å²) in [6.45, 7) is 0. The number of primary sulfonamides is 1. The Morgan fingerprint density at radius 3 is 2.57 bits per heavy atom. The van der Waals surface area contributed by atoms with Crippen molar-refractivity contribution >= 4 is 33.4 Å². The van der Waals surface area contributed by atoms with Crippen LogP contribution in [-0.2, 0) is 14.8 Å². The number of sulfonamides is 1. The van der Waals surface area contributed by atoms with Gasteiger partial charge in [-0.05, 0) is 18.2 Å². The first-order chi connectivity index (χ1) is 6.45. The topological polar surface area (TPSA) is 89.6 Å². The van der Waals surface area contributed by atoms with Gasteiger partial charge in [0, 0.05) is 0 Å². The molecule has 0 bridgehead atoms. The Hall–Kier alpha value is -1.20. The van der Waals surface area contributed by atoms with E-state index >= 15 is 0 Å². The number of rotatable bonds is 2. The summed E-state index contributed by atoms with van der Waals surface area (Å²) in [7, 11) is -3.81. The second kappa shape index (κ2) is 3.89. The molecular weight excluding hydrogens is 228 g/mol. The number of aliphatic imine (C=N–C) groups is 1. The number of hydrogen-bond acceptors (Lipinski definition) is 4. The second-order valence-electron chi connectivity index (χ2n) is 2.36. The van der Waals surface area contributed by atoms with Crippen molar-refractivity contribution in [2.24, 2.45) is 10.1 Å². The van der Waals surface area contributed by atoms with Crippen LogP contribution in [0.5, 0.6) is 0 Å². The first-order valence-corrected chi connectivity index (χ1v) is 5.28. The van der Waals surface area contributed by atoms with Gasteiger partial charge in [-0.2, -0.15) is 4.99 Å². The summed E-state index contributed by atoms with van der Waals surface area (Å²) in [4.78, 5) is 13.0. The molecule has 0 spiro atoms. The van der Waals surface area contributed by atoms with E-state index in [1.54, 1.807) is 0 Å². The van der Waals surface area contributed by atoms with E-state index in [2.05, 4.69) is 4.99 Å². The van der Waals surface area contributed by atoms with Crippen LogP contribution in [0.4, 0.5) is 5.69 Å². The zero-order valence-electron chi connectivity index (χ0n) is 6.77. The van der Waals surface area contributed by atoms with Crippen molar-refractivity contribution in [2.75, 3.05) is 0 Å². The monoisotopic (exact) mass is 232 g/mol. The predicted molar refractivity (Wildman–Crippen MR) is 50.6 cm³/mol. The molecule has 0 unspecified atom stereocenters. The molecule has 7 heteroatoms. The summed E-state index contributed by atoms with van der Waals surface area (Å²) in [5.74, 6) is 0. The average Bonchev–Trinajstić information content (AvgIpc) is 2.07. The number of hydrogen-bond donors (Lipinski definition) is 1. The average molecular weight is 233 g/mol. The van der Waals surface area contributed by atoms with E-state index < -0.39 is 10.0 Å². The first kappa shape index (κ1) is 10.9. The Morgan fingerprint density at radius 2 is 2.07 bits per heavy atom. The van der Waals surface area contributed by atoms with Gasteiger partial charge in [0.25, 0.3) is 0 Å². The molecule has 0 radical (unpaired) electrons. The van der Waals surface area contributed by atoms with E-state index in [0.717, 1.165) is 6.07 Å². The van der Waals surface area contributed by atoms with Crippen molar-refractivity contribution in [1.82, 2.24) is 0 Å². The number of nitrogens with two attached hydrogens (primary N) is 1. The number of carbonyl (C=O) groups excluding carboxylic acids is 1. The lowest BCUT2D eigenvalue weighted by Crippen LogP contribution is -2.11. The normalized spacial score (nSPS) is 10.7. The van der Waals surface area contributed by atoms with Crippen molar-refractivity contribution < 1.29 is 13.2 Å². The largest absolute Gasteiger partial charge is 0.240 e. The van der Waals surface area contributed by atoms with E-state index in [-0.39, 0.29) is 15.6 Å². The van der Waals surface area contributed by atoms with E-state index in [4.69, 9.17) is 16.7 Å². The molecule has 0 atom stereocenters. The number of nitrogens with zero attached hydrogens (tertiary/aromatic N) is 1. The number of isocyanates is 1. The molecule has 74 valence electrons. The lowest BCUT2D eigenvalue weighted by molar-refractivity contribution is 0.565. The highest BCUT2D eigenvalue weighted by atomic mass is 35.5. The molecule has 0 aliphatic rings. The quantitative estimate of drug-likeness (QED) is 0.608. The highest BCUT2D eigenvalue weighted by molar-refractivity contribution is 7.89. The molecule has 0 amide bonds. The molecule has 0 heterocycles. The molecular formula is C7H5ClN2O3S. The fourth-order valence-electron chi connectivity index (χ4n) is 0.804. The van der Waals surface area contributed by atoms with Gasteiger partial charge in [0.1, 0.15) is 0 Å². The number of benzene rings is 1. The van der Waals surface area contributed by atoms with Gasteiger partial charge in [0.15, 0.2) is 0 Å². The summed E-state index contributed by atoms with van der Waals surface area (Å²) < 4.78 is 21.8. The molecule has 1 aromatic rings. The summed E-state index contributed by atoms with van der Waals surface area (Å²) in [5, 5.41) is 5.01. The SMILES string of the molecule is NS(=O)(=O)c1ccc(Cl)c(N=C=O)c1. The van der Waals surface area contributed by atoms with Crippen LogP contribution in [0.1, 0.15) is 0 Å². The minimum absolute atomic E-state index is 0.0215. The van der Waals surface area contributed by atoms with Gasteiger partial charge >= 0.3 is 0 Å². The molecule has 0 fully saturated rings. The molecule has 0 saturated heterocycles. The fourth-order valence-corrected chi connectivity index (χ4v) is 1.50. The highest BCUT2D eigenvalue weighted by Crippen LogP contribution is 2.26. The third-order valence-corrected chi connectivity index (χ3v) is 2.64. The van der Waals surface area contributed by atoms with Crippen LogP contribution in [0.2, 0.25) is 5.02 Å². The Kier molecular flexibility index (Phi) is 3.03. The molecule has 5 nitrogen and oxygen atoms in total. The smallest absolute Gasteiger partial charge is 0.225 e. The van der Waals surface area contributed by atoms with Crippen LogP contribution >= 0.6 is 11.6 Å². The van der Waals surface area contributed by atoms with Gasteiger partial charge in [-0.25, -0.2) is 18.4 Å². The van der Waals surface area contributed by atoms with Crippen LogP contribution in [-0.4, -0.2) is 14.5 Å². The lowest BCUT2D eigenvalue weighted by atomic mass is 10.3. The molecule has 1 rings (SSSR count). The van der Waals surface area contributed by atoms with Crippen molar-refractivity contribution in [2.45, 2.75) is 4.90 Å². The first-order valence-electron chi connectivity index (χ1n) is 3.35. The van der Waals surface area contributed by atoms with E-state index in [1.807, 2.05) is 0 Å². The maximum absolute atomic E-state index is 10.9. The summed E-state index contributed by atoms with van der Waals surface area (Å²) in [6.07, 6.45) is 1.26. The van der Waals surface area contributed by atoms with E-state index in [0.29, 0.717) is 0 Å². The Bertz CT molecular complexity index is 506. The third-order valence-electron chi connectivity index (χ3n) is 1.41. The molecule has 2 N–H and O–H groups in total. The van der Waals surface area contributed by atoms with Crippen LogP contribution in [0.25, 0.3) is 0 Å². The fraction of sp³-hybridized carbons (Fsp3) is 0. The van der Waals surface area contributed by atoms with Crippen molar-refractivity contribution in [1.29, 1.82) is 0 Å². The van der Waals surface area contributed by atoms with Crippen molar-refractivity contribution in [3.8, 4) is 0 Å². The van der Waals surface area contributed by atoms with E-state index in [1.165, 1.54) is 18.2 Å². The van der Waals surface area contributed by atoms with Gasteiger partial charge in [-0.1, -0.05) is 11.6 Å². The van der Waals surface area contributed by atoms with Gasteiger partial charge in [0.05, 0.1) is 15.6 Å². The van der Waals surface area contributed by atoms with Gasteiger partial charge in [0.2, 0.25) is 16.1 Å². The van der Waals surface area contributed by atoms with Crippen LogP contribution in [0.15, 0.2) is 28.1 Å². The van der Waals surface area contributed by atoms with Crippen LogP contribution in [0, 0.1) is 0 Å². The summed E-state index contributed by atoms with van der Waals surface area (Å²) in [5.41, 5.74) is 0.0215. The zero-order valence-corrected chi connectivity index (χ0v) is 8.34. The third kappa shape index (κ3) is 2.40. The molecule has 0 aliphatic heterocycles. The highest BCUT2D eigenvalue weighted by Gasteiger charge is 2.10. The van der Waals surface area contributed by atoms with E-state index in [9.17, 15) is 13.2 Å². The predicted octanol–water partition coefficient (Wildman–Crippen LogP) is 0.955. The molecule has 0 aliphatic carbocycles. The Labute approximate surface area is 85.3 Å². The second-order valence-corrected chi connectivity index (χ2v) is 4.33. The maximum atomic E-state index is 10.9. The van der Waals surface area contributed by atoms with Gasteiger partial charge in [-0.3, -0.25) is 0 Å². The Morgan fingerprint density at radius 1 is 1.43 bits per heavy atom. The van der Waals surface area contributed by atoms with Crippen molar-refractivity contribution in [3.63, 3.8) is 0 Å². The Balaban J connectivity index is 3.41. The van der Waals surface area contributed by atoms with Crippen LogP contribution < -0.4 is 5.14 Å². The summed E-state index contributed by atoms with van der Waals surface area (Å²) >= 11 is 5.62. The zero-order chi connectivity index (χ0) is 10.8. The van der Waals surface area contributed by atoms with Crippen molar-refractivity contribution in [3.05, 3.63) is 23.2 Å². The summed E-state index contributed by atoms with van der Waals surface area (Å²) in [6, 6.07) is 3.61. The lowest BCUT2D eigenvalue weighted by Gasteiger charge is -1.99. The molecule has 0 aromatic heterocycles. The van der Waals surface area contributed by atoms with Crippen LogP contribution in [0.3, 0.4) is 0 Å². The minimum Gasteiger partial charge on any atom is -0.225 e.